The van der Waals surface area contributed by atoms with Crippen LogP contribution in [0.25, 0.3) is 0 Å². The lowest BCUT2D eigenvalue weighted by Gasteiger charge is -2.14. The van der Waals surface area contributed by atoms with Crippen molar-refractivity contribution < 1.29 is 9.90 Å². The van der Waals surface area contributed by atoms with Gasteiger partial charge in [0.1, 0.15) is 6.61 Å². The smallest absolute Gasteiger partial charge is 0.252 e. The van der Waals surface area contributed by atoms with Crippen LogP contribution in [0.2, 0.25) is 0 Å². The van der Waals surface area contributed by atoms with E-state index in [1.165, 1.54) is 12.8 Å². The quantitative estimate of drug-likeness (QED) is 0.624. The zero-order valence-electron chi connectivity index (χ0n) is 13.2. The van der Waals surface area contributed by atoms with Gasteiger partial charge in [-0.25, -0.2) is 0 Å². The minimum absolute atomic E-state index is 0.0961. The third-order valence-electron chi connectivity index (χ3n) is 3.34. The Labute approximate surface area is 127 Å². The predicted molar refractivity (Wildman–Crippen MR) is 86.2 cm³/mol. The molecular formula is C18H25NO2. The Hall–Kier alpha value is -1.79. The topological polar surface area (TPSA) is 49.3 Å². The molecule has 1 aromatic rings. The fourth-order valence-corrected chi connectivity index (χ4v) is 2.17. The highest BCUT2D eigenvalue weighted by molar-refractivity contribution is 5.97. The summed E-state index contributed by atoms with van der Waals surface area (Å²) < 4.78 is 0. The minimum atomic E-state index is -0.206. The molecule has 1 aromatic carbocycles. The summed E-state index contributed by atoms with van der Waals surface area (Å²) in [5, 5.41) is 11.8. The summed E-state index contributed by atoms with van der Waals surface area (Å²) in [6.07, 6.45) is 4.49. The number of unbranched alkanes of at least 4 members (excludes halogenated alkanes) is 2. The molecule has 0 heterocycles. The number of aryl methyl sites for hydroxylation is 1. The monoisotopic (exact) mass is 287 g/mol. The molecular weight excluding hydrogens is 262 g/mol. The molecule has 1 atom stereocenters. The summed E-state index contributed by atoms with van der Waals surface area (Å²) in [6, 6.07) is 5.73. The first-order valence-electron chi connectivity index (χ1n) is 7.59. The molecule has 0 aliphatic heterocycles. The van der Waals surface area contributed by atoms with Gasteiger partial charge >= 0.3 is 0 Å². The van der Waals surface area contributed by atoms with Crippen LogP contribution in [0.3, 0.4) is 0 Å². The molecule has 1 amide bonds. The highest BCUT2D eigenvalue weighted by Gasteiger charge is 2.13. The van der Waals surface area contributed by atoms with Crippen LogP contribution in [0.4, 0.5) is 0 Å². The Morgan fingerprint density at radius 3 is 2.81 bits per heavy atom. The third-order valence-corrected chi connectivity index (χ3v) is 3.34. The number of rotatable bonds is 6. The van der Waals surface area contributed by atoms with Crippen molar-refractivity contribution in [2.45, 2.75) is 52.5 Å². The van der Waals surface area contributed by atoms with Crippen LogP contribution in [0.5, 0.6) is 0 Å². The first-order chi connectivity index (χ1) is 10.1. The van der Waals surface area contributed by atoms with E-state index in [2.05, 4.69) is 24.1 Å². The molecule has 0 aliphatic carbocycles. The number of benzene rings is 1. The minimum Gasteiger partial charge on any atom is -0.384 e. The van der Waals surface area contributed by atoms with Gasteiger partial charge in [0.05, 0.1) is 5.56 Å². The normalized spacial score (nSPS) is 11.4. The summed E-state index contributed by atoms with van der Waals surface area (Å²) in [4.78, 5) is 12.3. The van der Waals surface area contributed by atoms with Crippen molar-refractivity contribution in [3.8, 4) is 11.8 Å². The number of amides is 1. The number of aliphatic hydroxyl groups excluding tert-OH is 1. The molecule has 0 fully saturated rings. The summed E-state index contributed by atoms with van der Waals surface area (Å²) >= 11 is 0. The molecule has 0 aliphatic rings. The lowest BCUT2D eigenvalue weighted by Crippen LogP contribution is -2.33. The SMILES string of the molecule is CCCCCC(C)NC(=O)c1ccc(C)cc1C#CCO. The van der Waals surface area contributed by atoms with E-state index >= 15 is 0 Å². The van der Waals surface area contributed by atoms with Crippen molar-refractivity contribution in [1.82, 2.24) is 5.32 Å². The van der Waals surface area contributed by atoms with E-state index in [-0.39, 0.29) is 18.6 Å². The van der Waals surface area contributed by atoms with Gasteiger partial charge in [0.15, 0.2) is 0 Å². The number of aliphatic hydroxyl groups is 1. The van der Waals surface area contributed by atoms with E-state index in [0.29, 0.717) is 11.1 Å². The van der Waals surface area contributed by atoms with Gasteiger partial charge in [-0.15, -0.1) is 0 Å². The zero-order chi connectivity index (χ0) is 15.7. The lowest BCUT2D eigenvalue weighted by atomic mass is 10.0. The number of carbonyl (C=O) groups excluding carboxylic acids is 1. The second-order valence-corrected chi connectivity index (χ2v) is 5.38. The van der Waals surface area contributed by atoms with E-state index < -0.39 is 0 Å². The van der Waals surface area contributed by atoms with Crippen LogP contribution in [-0.4, -0.2) is 23.7 Å². The molecule has 2 N–H and O–H groups in total. The fraction of sp³-hybridized carbons (Fsp3) is 0.500. The first-order valence-corrected chi connectivity index (χ1v) is 7.59. The summed E-state index contributed by atoms with van der Waals surface area (Å²) in [5.41, 5.74) is 2.29. The Balaban J connectivity index is 2.77. The molecule has 0 aromatic heterocycles. The van der Waals surface area contributed by atoms with Crippen LogP contribution in [0.1, 0.15) is 61.0 Å². The standard InChI is InChI=1S/C18H25NO2/c1-4-5-6-8-15(3)19-18(21)17-11-10-14(2)13-16(17)9-7-12-20/h10-11,13,15,20H,4-6,8,12H2,1-3H3,(H,19,21). The maximum Gasteiger partial charge on any atom is 0.252 e. The van der Waals surface area contributed by atoms with Gasteiger partial charge in [0.2, 0.25) is 0 Å². The Kier molecular flexibility index (Phi) is 7.56. The number of nitrogens with one attached hydrogen (secondary N) is 1. The van der Waals surface area contributed by atoms with E-state index in [0.717, 1.165) is 18.4 Å². The Morgan fingerprint density at radius 1 is 1.38 bits per heavy atom. The summed E-state index contributed by atoms with van der Waals surface area (Å²) in [5.74, 6) is 5.36. The van der Waals surface area contributed by atoms with Crippen molar-refractivity contribution in [3.05, 3.63) is 34.9 Å². The molecule has 21 heavy (non-hydrogen) atoms. The Morgan fingerprint density at radius 2 is 2.14 bits per heavy atom. The summed E-state index contributed by atoms with van der Waals surface area (Å²) in [7, 11) is 0. The molecule has 0 saturated carbocycles. The molecule has 0 radical (unpaired) electrons. The molecule has 0 bridgehead atoms. The number of hydrogen-bond donors (Lipinski definition) is 2. The second kappa shape index (κ2) is 9.20. The highest BCUT2D eigenvalue weighted by atomic mass is 16.2. The average Bonchev–Trinajstić information content (AvgIpc) is 2.45. The summed E-state index contributed by atoms with van der Waals surface area (Å²) in [6.45, 7) is 5.95. The van der Waals surface area contributed by atoms with Gasteiger partial charge in [-0.1, -0.05) is 44.1 Å². The first kappa shape index (κ1) is 17.3. The zero-order valence-corrected chi connectivity index (χ0v) is 13.2. The maximum absolute atomic E-state index is 12.3. The van der Waals surface area contributed by atoms with Crippen molar-refractivity contribution in [2.24, 2.45) is 0 Å². The van der Waals surface area contributed by atoms with Gasteiger partial charge in [0, 0.05) is 11.6 Å². The number of hydrogen-bond acceptors (Lipinski definition) is 2. The van der Waals surface area contributed by atoms with Gasteiger partial charge in [-0.3, -0.25) is 4.79 Å². The van der Waals surface area contributed by atoms with Crippen LogP contribution >= 0.6 is 0 Å². The van der Waals surface area contributed by atoms with Crippen molar-refractivity contribution >= 4 is 5.91 Å². The molecule has 0 saturated heterocycles. The van der Waals surface area contributed by atoms with Gasteiger partial charge in [-0.2, -0.15) is 0 Å². The van der Waals surface area contributed by atoms with Crippen molar-refractivity contribution in [3.63, 3.8) is 0 Å². The van der Waals surface area contributed by atoms with E-state index in [9.17, 15) is 4.79 Å². The van der Waals surface area contributed by atoms with E-state index in [1.54, 1.807) is 6.07 Å². The molecule has 3 nitrogen and oxygen atoms in total. The third kappa shape index (κ3) is 6.01. The van der Waals surface area contributed by atoms with Crippen LogP contribution in [-0.2, 0) is 0 Å². The molecule has 1 rings (SSSR count). The van der Waals surface area contributed by atoms with Gasteiger partial charge in [0.25, 0.3) is 5.91 Å². The Bertz CT molecular complexity index is 526. The largest absolute Gasteiger partial charge is 0.384 e. The number of carbonyl (C=O) groups is 1. The predicted octanol–water partition coefficient (Wildman–Crippen LogP) is 3.04. The van der Waals surface area contributed by atoms with E-state index in [1.807, 2.05) is 26.0 Å². The van der Waals surface area contributed by atoms with Crippen LogP contribution in [0.15, 0.2) is 18.2 Å². The van der Waals surface area contributed by atoms with Crippen LogP contribution in [0, 0.1) is 18.8 Å². The second-order valence-electron chi connectivity index (χ2n) is 5.38. The van der Waals surface area contributed by atoms with Crippen molar-refractivity contribution in [2.75, 3.05) is 6.61 Å². The lowest BCUT2D eigenvalue weighted by molar-refractivity contribution is 0.0937. The molecule has 1 unspecified atom stereocenters. The maximum atomic E-state index is 12.3. The van der Waals surface area contributed by atoms with Gasteiger partial charge < -0.3 is 10.4 Å². The average molecular weight is 287 g/mol. The van der Waals surface area contributed by atoms with Gasteiger partial charge in [-0.05, 0) is 38.0 Å². The highest BCUT2D eigenvalue weighted by Crippen LogP contribution is 2.12. The van der Waals surface area contributed by atoms with E-state index in [4.69, 9.17) is 5.11 Å². The van der Waals surface area contributed by atoms with Crippen molar-refractivity contribution in [1.29, 1.82) is 0 Å². The van der Waals surface area contributed by atoms with Crippen LogP contribution < -0.4 is 5.32 Å². The molecule has 114 valence electrons. The fourth-order valence-electron chi connectivity index (χ4n) is 2.17. The molecule has 3 heteroatoms. The molecule has 0 spiro atoms.